The van der Waals surface area contributed by atoms with E-state index in [4.69, 9.17) is 4.28 Å². The molecule has 0 heterocycles. The first-order valence-corrected chi connectivity index (χ1v) is 18.0. The first kappa shape index (κ1) is 32.2. The van der Waals surface area contributed by atoms with Crippen molar-refractivity contribution in [2.45, 2.75) is 117 Å². The third-order valence-corrected chi connectivity index (χ3v) is 13.6. The van der Waals surface area contributed by atoms with Gasteiger partial charge in [0.2, 0.25) is 5.91 Å². The number of rotatable bonds is 12. The van der Waals surface area contributed by atoms with E-state index in [0.717, 1.165) is 36.0 Å². The third-order valence-electron chi connectivity index (χ3n) is 12.1. The van der Waals surface area contributed by atoms with Gasteiger partial charge in [0.15, 0.2) is 0 Å². The Morgan fingerprint density at radius 2 is 1.73 bits per heavy atom. The molecule has 2 N–H and O–H groups in total. The molecule has 4 saturated carbocycles. The van der Waals surface area contributed by atoms with Crippen LogP contribution >= 0.6 is 0 Å². The van der Waals surface area contributed by atoms with E-state index in [9.17, 15) is 18.3 Å². The number of aliphatic hydroxyl groups is 1. The third kappa shape index (κ3) is 7.08. The van der Waals surface area contributed by atoms with Crippen molar-refractivity contribution in [1.29, 1.82) is 0 Å². The minimum absolute atomic E-state index is 0.0896. The highest BCUT2D eigenvalue weighted by Crippen LogP contribution is 2.68. The molecule has 232 valence electrons. The molecule has 0 saturated heterocycles. The van der Waals surface area contributed by atoms with Gasteiger partial charge in [-0.15, -0.1) is 0 Å². The van der Waals surface area contributed by atoms with E-state index in [0.29, 0.717) is 42.7 Å². The average molecular weight is 584 g/mol. The lowest BCUT2D eigenvalue weighted by Crippen LogP contribution is -2.53. The number of carbonyl (C=O) groups excluding carboxylic acids is 1. The average Bonchev–Trinajstić information content (AvgIpc) is 3.20. The maximum Gasteiger partial charge on any atom is 0.316 e. The van der Waals surface area contributed by atoms with Crippen LogP contribution in [0.2, 0.25) is 0 Å². The van der Waals surface area contributed by atoms with Gasteiger partial charge in [-0.3, -0.25) is 4.79 Å². The lowest BCUT2D eigenvalue weighted by Gasteiger charge is -2.61. The van der Waals surface area contributed by atoms with Gasteiger partial charge >= 0.3 is 10.1 Å². The van der Waals surface area contributed by atoms with Gasteiger partial charge in [0.25, 0.3) is 0 Å². The first-order chi connectivity index (χ1) is 18.7. The molecule has 7 nitrogen and oxygen atoms in total. The normalized spacial score (nSPS) is 37.6. The smallest absolute Gasteiger partial charge is 0.316 e. The highest BCUT2D eigenvalue weighted by Gasteiger charge is 2.60. The molecule has 0 aliphatic heterocycles. The molecule has 4 rings (SSSR count). The number of nitrogens with one attached hydrogen (secondary N) is 1. The number of hydrogen-bond acceptors (Lipinski definition) is 5. The molecule has 0 aromatic rings. The Hall–Kier alpha value is -0.700. The van der Waals surface area contributed by atoms with Crippen molar-refractivity contribution >= 4 is 16.0 Å². The zero-order valence-corrected chi connectivity index (χ0v) is 27.1. The summed E-state index contributed by atoms with van der Waals surface area (Å²) in [5, 5.41) is 12.4. The monoisotopic (exact) mass is 583 g/mol. The molecule has 4 fully saturated rings. The maximum atomic E-state index is 12.7. The number of carbonyl (C=O) groups is 1. The Bertz CT molecular complexity index is 984. The summed E-state index contributed by atoms with van der Waals surface area (Å²) >= 11 is 0. The fraction of sp³-hybridized carbons (Fsp3) is 0.969. The second-order valence-corrected chi connectivity index (χ2v) is 16.9. The molecule has 0 aromatic heterocycles. The van der Waals surface area contributed by atoms with Crippen LogP contribution in [0.4, 0.5) is 0 Å². The number of nitrogens with zero attached hydrogens (tertiary/aromatic N) is 1. The number of fused-ring (bicyclic) bond motifs is 5. The number of quaternary nitrogens is 1. The Morgan fingerprint density at radius 3 is 2.45 bits per heavy atom. The fourth-order valence-corrected chi connectivity index (χ4v) is 11.6. The topological polar surface area (TPSA) is 92.7 Å². The van der Waals surface area contributed by atoms with E-state index < -0.39 is 22.0 Å². The maximum absolute atomic E-state index is 12.7. The van der Waals surface area contributed by atoms with Crippen LogP contribution in [0.15, 0.2) is 0 Å². The molecule has 9 atom stereocenters. The molecule has 5 unspecified atom stereocenters. The van der Waals surface area contributed by atoms with E-state index >= 15 is 0 Å². The molecule has 0 aromatic carbocycles. The predicted octanol–water partition coefficient (Wildman–Crippen LogP) is 5.68. The van der Waals surface area contributed by atoms with Crippen LogP contribution < -0.4 is 5.32 Å². The SMILES string of the molecule is CC(O)CS(=O)(=O)O[N+](C)(C)CCCNC(=O)CC[C@@H](C)[C@H]1CCC2C3CCC4CCCC[C@]4(C)C3CC[C@@]21C. The summed E-state index contributed by atoms with van der Waals surface area (Å²) in [5.74, 6) is 4.66. The number of amides is 1. The van der Waals surface area contributed by atoms with Crippen LogP contribution in [0.1, 0.15) is 111 Å². The van der Waals surface area contributed by atoms with Crippen LogP contribution in [-0.2, 0) is 19.2 Å². The van der Waals surface area contributed by atoms with Crippen molar-refractivity contribution in [1.82, 2.24) is 5.32 Å². The van der Waals surface area contributed by atoms with Gasteiger partial charge in [-0.1, -0.05) is 37.9 Å². The summed E-state index contributed by atoms with van der Waals surface area (Å²) in [6.07, 6.45) is 15.4. The second kappa shape index (κ2) is 12.5. The minimum Gasteiger partial charge on any atom is -0.392 e. The lowest BCUT2D eigenvalue weighted by atomic mass is 9.44. The van der Waals surface area contributed by atoms with Crippen LogP contribution in [0.3, 0.4) is 0 Å². The van der Waals surface area contributed by atoms with Crippen molar-refractivity contribution < 1.29 is 27.2 Å². The first-order valence-electron chi connectivity index (χ1n) is 16.4. The molecular formula is C32H59N2O5S+. The van der Waals surface area contributed by atoms with Crippen LogP contribution in [0, 0.1) is 46.3 Å². The van der Waals surface area contributed by atoms with Gasteiger partial charge in [-0.25, -0.2) is 0 Å². The van der Waals surface area contributed by atoms with Gasteiger partial charge < -0.3 is 10.4 Å². The van der Waals surface area contributed by atoms with E-state index in [2.05, 4.69) is 26.1 Å². The summed E-state index contributed by atoms with van der Waals surface area (Å²) in [6.45, 7) is 10.0. The number of hydrogen-bond donors (Lipinski definition) is 2. The molecule has 0 spiro atoms. The predicted molar refractivity (Wildman–Crippen MR) is 159 cm³/mol. The summed E-state index contributed by atoms with van der Waals surface area (Å²) in [4.78, 5) is 12.7. The van der Waals surface area contributed by atoms with Gasteiger partial charge in [0.05, 0.1) is 20.2 Å². The van der Waals surface area contributed by atoms with Gasteiger partial charge in [-0.2, -0.15) is 13.1 Å². The highest BCUT2D eigenvalue weighted by atomic mass is 32.2. The Morgan fingerprint density at radius 1 is 1.00 bits per heavy atom. The van der Waals surface area contributed by atoms with Crippen molar-refractivity contribution in [3.05, 3.63) is 0 Å². The van der Waals surface area contributed by atoms with Gasteiger partial charge in [-0.05, 0) is 111 Å². The Kier molecular flexibility index (Phi) is 10.1. The van der Waals surface area contributed by atoms with Crippen LogP contribution in [0.5, 0.6) is 0 Å². The Balaban J connectivity index is 1.21. The quantitative estimate of drug-likeness (QED) is 0.175. The minimum atomic E-state index is -3.81. The molecule has 40 heavy (non-hydrogen) atoms. The summed E-state index contributed by atoms with van der Waals surface area (Å²) in [7, 11) is -0.465. The summed E-state index contributed by atoms with van der Waals surface area (Å²) in [6, 6.07) is 0. The van der Waals surface area contributed by atoms with Crippen molar-refractivity contribution in [3.63, 3.8) is 0 Å². The lowest BCUT2D eigenvalue weighted by molar-refractivity contribution is -1.05. The van der Waals surface area contributed by atoms with Gasteiger partial charge in [0.1, 0.15) is 12.3 Å². The highest BCUT2D eigenvalue weighted by molar-refractivity contribution is 7.86. The van der Waals surface area contributed by atoms with Crippen molar-refractivity contribution in [2.24, 2.45) is 46.3 Å². The summed E-state index contributed by atoms with van der Waals surface area (Å²) in [5.41, 5.74) is 1.03. The van der Waals surface area contributed by atoms with Crippen molar-refractivity contribution in [2.75, 3.05) is 32.9 Å². The molecular weight excluding hydrogens is 524 g/mol. The molecule has 8 heteroatoms. The molecule has 4 aliphatic rings. The van der Waals surface area contributed by atoms with E-state index in [1.165, 1.54) is 71.1 Å². The van der Waals surface area contributed by atoms with E-state index in [1.807, 2.05) is 0 Å². The largest absolute Gasteiger partial charge is 0.392 e. The number of aliphatic hydroxyl groups excluding tert-OH is 1. The second-order valence-electron chi connectivity index (χ2n) is 15.3. The standard InChI is InChI=1S/C32H58N2O5S/c1-23(11-16-30(36)33-20-9-21-34(5,6)39-40(37,38)22-24(2)35)27-14-15-28-26-13-12-25-10-7-8-18-31(25,3)29(26)17-19-32(27,28)4/h23-29,35H,7-22H2,1-6H3/p+1/t23-,24?,25?,26?,27-,28?,29?,31+,32-/m1/s1. The molecule has 0 radical (unpaired) electrons. The van der Waals surface area contributed by atoms with Crippen LogP contribution in [0.25, 0.3) is 0 Å². The molecule has 1 amide bonds. The zero-order valence-electron chi connectivity index (χ0n) is 26.3. The molecule has 0 bridgehead atoms. The zero-order chi connectivity index (χ0) is 29.3. The van der Waals surface area contributed by atoms with Crippen LogP contribution in [-0.4, -0.2) is 63.1 Å². The van der Waals surface area contributed by atoms with E-state index in [-0.39, 0.29) is 10.6 Å². The number of hydroxylamine groups is 3. The van der Waals surface area contributed by atoms with E-state index in [1.54, 1.807) is 14.1 Å². The summed E-state index contributed by atoms with van der Waals surface area (Å²) < 4.78 is 29.1. The fourth-order valence-electron chi connectivity index (χ4n) is 10.3. The Labute approximate surface area is 244 Å². The van der Waals surface area contributed by atoms with Gasteiger partial charge in [0, 0.05) is 19.4 Å². The van der Waals surface area contributed by atoms with Crippen molar-refractivity contribution in [3.8, 4) is 0 Å². The molecule has 4 aliphatic carbocycles.